The summed E-state index contributed by atoms with van der Waals surface area (Å²) in [5, 5.41) is 0. The van der Waals surface area contributed by atoms with Crippen LogP contribution in [0.5, 0.6) is 0 Å². The van der Waals surface area contributed by atoms with Crippen LogP contribution in [0.25, 0.3) is 0 Å². The second kappa shape index (κ2) is 3.37. The second-order valence-corrected chi connectivity index (χ2v) is 3.73. The molecule has 0 saturated carbocycles. The summed E-state index contributed by atoms with van der Waals surface area (Å²) in [4.78, 5) is 0. The van der Waals surface area contributed by atoms with Gasteiger partial charge in [-0.1, -0.05) is 0 Å². The summed E-state index contributed by atoms with van der Waals surface area (Å²) in [6, 6.07) is 3.93. The highest BCUT2D eigenvalue weighted by molar-refractivity contribution is 5.29. The highest BCUT2D eigenvalue weighted by Gasteiger charge is 2.06. The third-order valence-electron chi connectivity index (χ3n) is 2.82. The van der Waals surface area contributed by atoms with Gasteiger partial charge in [0, 0.05) is 11.9 Å². The third-order valence-corrected chi connectivity index (χ3v) is 2.82. The molecule has 0 aliphatic rings. The third kappa shape index (κ3) is 1.48. The Kier molecular flexibility index (Phi) is 2.20. The van der Waals surface area contributed by atoms with Crippen molar-refractivity contribution in [2.24, 2.45) is 0 Å². The lowest BCUT2D eigenvalue weighted by Gasteiger charge is -2.03. The number of hydrogen-bond donors (Lipinski definition) is 0. The number of aromatic nitrogens is 1. The van der Waals surface area contributed by atoms with Crippen molar-refractivity contribution >= 4 is 0 Å². The molecule has 0 aliphatic carbocycles. The molecule has 0 atom stereocenters. The minimum atomic E-state index is 0.827. The summed E-state index contributed by atoms with van der Waals surface area (Å²) in [5.74, 6) is 1.00. The molecule has 2 nitrogen and oxygen atoms in total. The Hall–Kier alpha value is -1.44. The Balaban J connectivity index is 2.30. The van der Waals surface area contributed by atoms with Crippen LogP contribution in [0.2, 0.25) is 0 Å². The Bertz CT molecular complexity index is 423. The summed E-state index contributed by atoms with van der Waals surface area (Å²) >= 11 is 0. The molecule has 2 heterocycles. The van der Waals surface area contributed by atoms with E-state index in [1.54, 1.807) is 6.26 Å². The van der Waals surface area contributed by atoms with E-state index < -0.39 is 0 Å². The van der Waals surface area contributed by atoms with Gasteiger partial charge in [0.25, 0.3) is 0 Å². The molecule has 0 aliphatic heterocycles. The molecule has 0 N–H and O–H groups in total. The Labute approximate surface area is 84.2 Å². The molecule has 0 fully saturated rings. The second-order valence-electron chi connectivity index (χ2n) is 3.73. The van der Waals surface area contributed by atoms with E-state index in [0.29, 0.717) is 0 Å². The van der Waals surface area contributed by atoms with Crippen LogP contribution in [0, 0.1) is 20.8 Å². The molecule has 0 spiro atoms. The minimum Gasteiger partial charge on any atom is -0.467 e. The van der Waals surface area contributed by atoms with Gasteiger partial charge in [-0.3, -0.25) is 0 Å². The highest BCUT2D eigenvalue weighted by Crippen LogP contribution is 2.16. The fraction of sp³-hybridized carbons (Fsp3) is 0.333. The maximum Gasteiger partial charge on any atom is 0.123 e. The zero-order chi connectivity index (χ0) is 10.1. The molecule has 2 aromatic heterocycles. The highest BCUT2D eigenvalue weighted by atomic mass is 16.3. The number of furan rings is 1. The molecular formula is C12H15NO. The van der Waals surface area contributed by atoms with E-state index in [4.69, 9.17) is 4.42 Å². The lowest BCUT2D eigenvalue weighted by molar-refractivity contribution is 0.491. The molecule has 0 saturated heterocycles. The van der Waals surface area contributed by atoms with Crippen LogP contribution in [0.3, 0.4) is 0 Å². The van der Waals surface area contributed by atoms with Gasteiger partial charge in [0.1, 0.15) is 5.76 Å². The van der Waals surface area contributed by atoms with Crippen LogP contribution in [0.1, 0.15) is 22.6 Å². The smallest absolute Gasteiger partial charge is 0.123 e. The molecule has 74 valence electrons. The summed E-state index contributed by atoms with van der Waals surface area (Å²) < 4.78 is 7.55. The standard InChI is InChI=1S/C12H15NO/c1-9-7-13(11(3)10(9)2)8-12-5-4-6-14-12/h4-7H,8H2,1-3H3. The molecule has 0 radical (unpaired) electrons. The first-order valence-corrected chi connectivity index (χ1v) is 4.84. The Morgan fingerprint density at radius 3 is 2.57 bits per heavy atom. The topological polar surface area (TPSA) is 18.1 Å². The van der Waals surface area contributed by atoms with Gasteiger partial charge in [-0.05, 0) is 44.0 Å². The fourth-order valence-electron chi connectivity index (χ4n) is 1.66. The number of hydrogen-bond acceptors (Lipinski definition) is 1. The molecule has 2 rings (SSSR count). The first-order valence-electron chi connectivity index (χ1n) is 4.84. The van der Waals surface area contributed by atoms with Crippen molar-refractivity contribution in [1.29, 1.82) is 0 Å². The summed E-state index contributed by atoms with van der Waals surface area (Å²) in [5.41, 5.74) is 4.03. The van der Waals surface area contributed by atoms with Crippen LogP contribution in [0.4, 0.5) is 0 Å². The van der Waals surface area contributed by atoms with Gasteiger partial charge in [-0.15, -0.1) is 0 Å². The average Bonchev–Trinajstić information content (AvgIpc) is 2.73. The predicted octanol–water partition coefficient (Wildman–Crippen LogP) is 3.05. The van der Waals surface area contributed by atoms with Crippen LogP contribution in [-0.4, -0.2) is 4.57 Å². The van der Waals surface area contributed by atoms with E-state index in [-0.39, 0.29) is 0 Å². The van der Waals surface area contributed by atoms with E-state index in [1.807, 2.05) is 12.1 Å². The Morgan fingerprint density at radius 2 is 2.07 bits per heavy atom. The van der Waals surface area contributed by atoms with Gasteiger partial charge in [-0.2, -0.15) is 0 Å². The van der Waals surface area contributed by atoms with Crippen LogP contribution < -0.4 is 0 Å². The van der Waals surface area contributed by atoms with Crippen LogP contribution in [-0.2, 0) is 6.54 Å². The minimum absolute atomic E-state index is 0.827. The van der Waals surface area contributed by atoms with Gasteiger partial charge < -0.3 is 8.98 Å². The van der Waals surface area contributed by atoms with Gasteiger partial charge in [0.15, 0.2) is 0 Å². The van der Waals surface area contributed by atoms with Gasteiger partial charge >= 0.3 is 0 Å². The van der Waals surface area contributed by atoms with Gasteiger partial charge in [0.2, 0.25) is 0 Å². The SMILES string of the molecule is Cc1cn(Cc2ccco2)c(C)c1C. The van der Waals surface area contributed by atoms with Gasteiger partial charge in [0.05, 0.1) is 12.8 Å². The predicted molar refractivity (Wildman–Crippen MR) is 56.5 cm³/mol. The number of nitrogens with zero attached hydrogens (tertiary/aromatic N) is 1. The summed E-state index contributed by atoms with van der Waals surface area (Å²) in [7, 11) is 0. The molecule has 0 unspecified atom stereocenters. The van der Waals surface area contributed by atoms with Crippen molar-refractivity contribution in [3.63, 3.8) is 0 Å². The first kappa shape index (κ1) is 9.13. The quantitative estimate of drug-likeness (QED) is 0.710. The van der Waals surface area contributed by atoms with Crippen LogP contribution >= 0.6 is 0 Å². The van der Waals surface area contributed by atoms with Gasteiger partial charge in [-0.25, -0.2) is 0 Å². The molecule has 0 aromatic carbocycles. The lowest BCUT2D eigenvalue weighted by Crippen LogP contribution is -1.99. The maximum absolute atomic E-state index is 5.32. The monoisotopic (exact) mass is 189 g/mol. The van der Waals surface area contributed by atoms with Crippen molar-refractivity contribution in [3.05, 3.63) is 47.2 Å². The van der Waals surface area contributed by atoms with Crippen LogP contribution in [0.15, 0.2) is 29.0 Å². The van der Waals surface area contributed by atoms with E-state index >= 15 is 0 Å². The fourth-order valence-corrected chi connectivity index (χ4v) is 1.66. The molecule has 0 bridgehead atoms. The molecule has 14 heavy (non-hydrogen) atoms. The zero-order valence-electron chi connectivity index (χ0n) is 8.87. The van der Waals surface area contributed by atoms with E-state index in [9.17, 15) is 0 Å². The summed E-state index contributed by atoms with van der Waals surface area (Å²) in [6.07, 6.45) is 3.89. The largest absolute Gasteiger partial charge is 0.467 e. The molecule has 0 amide bonds. The molecule has 2 aromatic rings. The molecular weight excluding hydrogens is 174 g/mol. The van der Waals surface area contributed by atoms with E-state index in [1.165, 1.54) is 16.8 Å². The number of aryl methyl sites for hydroxylation is 1. The normalized spacial score (nSPS) is 10.8. The average molecular weight is 189 g/mol. The summed E-state index contributed by atoms with van der Waals surface area (Å²) in [6.45, 7) is 7.27. The van der Waals surface area contributed by atoms with E-state index in [2.05, 4.69) is 31.5 Å². The molecule has 2 heteroatoms. The lowest BCUT2D eigenvalue weighted by atomic mass is 10.2. The van der Waals surface area contributed by atoms with Crippen molar-refractivity contribution in [3.8, 4) is 0 Å². The zero-order valence-corrected chi connectivity index (χ0v) is 8.87. The first-order chi connectivity index (χ1) is 6.68. The number of rotatable bonds is 2. The van der Waals surface area contributed by atoms with Crippen molar-refractivity contribution in [2.45, 2.75) is 27.3 Å². The Morgan fingerprint density at radius 1 is 1.29 bits per heavy atom. The van der Waals surface area contributed by atoms with E-state index in [0.717, 1.165) is 12.3 Å². The van der Waals surface area contributed by atoms with Crippen molar-refractivity contribution in [2.75, 3.05) is 0 Å². The van der Waals surface area contributed by atoms with Crippen molar-refractivity contribution < 1.29 is 4.42 Å². The maximum atomic E-state index is 5.32. The van der Waals surface area contributed by atoms with Crippen molar-refractivity contribution in [1.82, 2.24) is 4.57 Å².